The van der Waals surface area contributed by atoms with Gasteiger partial charge in [0.1, 0.15) is 5.82 Å². The summed E-state index contributed by atoms with van der Waals surface area (Å²) < 4.78 is 14.2. The average Bonchev–Trinajstić information content (AvgIpc) is 3.16. The number of hydrogen-bond acceptors (Lipinski definition) is 2. The molecule has 0 unspecified atom stereocenters. The Morgan fingerprint density at radius 1 is 1.00 bits per heavy atom. The molecule has 4 heteroatoms. The van der Waals surface area contributed by atoms with Crippen LogP contribution in [0.5, 0.6) is 0 Å². The Morgan fingerprint density at radius 3 is 2.46 bits per heavy atom. The molecule has 1 aliphatic heterocycles. The fourth-order valence-electron chi connectivity index (χ4n) is 3.70. The first-order valence-corrected chi connectivity index (χ1v) is 9.54. The van der Waals surface area contributed by atoms with Gasteiger partial charge in [0.15, 0.2) is 0 Å². The molecule has 3 aromatic rings. The van der Waals surface area contributed by atoms with Crippen LogP contribution in [-0.4, -0.2) is 29.9 Å². The van der Waals surface area contributed by atoms with E-state index in [1.54, 1.807) is 24.0 Å². The predicted octanol–water partition coefficient (Wildman–Crippen LogP) is 4.64. The molecule has 1 aliphatic rings. The van der Waals surface area contributed by atoms with E-state index in [-0.39, 0.29) is 17.8 Å². The summed E-state index contributed by atoms with van der Waals surface area (Å²) in [6.07, 6.45) is 0.831. The molecule has 2 N–H and O–H groups in total. The lowest BCUT2D eigenvalue weighted by Crippen LogP contribution is -2.31. The van der Waals surface area contributed by atoms with Gasteiger partial charge in [-0.05, 0) is 59.4 Å². The van der Waals surface area contributed by atoms with Gasteiger partial charge in [0.05, 0.1) is 0 Å². The van der Waals surface area contributed by atoms with E-state index in [1.165, 1.54) is 0 Å². The highest BCUT2D eigenvalue weighted by Crippen LogP contribution is 2.34. The lowest BCUT2D eigenvalue weighted by molar-refractivity contribution is 0.0791. The maximum absolute atomic E-state index is 14.2. The van der Waals surface area contributed by atoms with Crippen LogP contribution in [0.2, 0.25) is 0 Å². The van der Waals surface area contributed by atoms with Gasteiger partial charge in [-0.25, -0.2) is 4.39 Å². The van der Waals surface area contributed by atoms with E-state index < -0.39 is 0 Å². The summed E-state index contributed by atoms with van der Waals surface area (Å²) >= 11 is 0. The quantitative estimate of drug-likeness (QED) is 0.726. The standard InChI is InChI=1S/C24H23FN2O/c1-16-7-8-18(14-23(16)25)21-10-9-19(24(28)27-12-11-20(26)15-27)13-22(21)17-5-3-2-4-6-17/h2-10,13-14,20H,11-12,15,26H2,1H3/t20-/m0/s1. The smallest absolute Gasteiger partial charge is 0.253 e. The number of nitrogens with two attached hydrogens (primary N) is 1. The molecule has 1 fully saturated rings. The van der Waals surface area contributed by atoms with Gasteiger partial charge >= 0.3 is 0 Å². The summed E-state index contributed by atoms with van der Waals surface area (Å²) in [6, 6.07) is 20.8. The molecule has 0 saturated carbocycles. The van der Waals surface area contributed by atoms with Crippen molar-refractivity contribution in [2.45, 2.75) is 19.4 Å². The van der Waals surface area contributed by atoms with E-state index in [0.717, 1.165) is 28.7 Å². The average molecular weight is 374 g/mol. The van der Waals surface area contributed by atoms with Crippen LogP contribution >= 0.6 is 0 Å². The highest BCUT2D eigenvalue weighted by Gasteiger charge is 2.25. The second-order valence-corrected chi connectivity index (χ2v) is 7.39. The molecule has 1 amide bonds. The Balaban J connectivity index is 1.80. The van der Waals surface area contributed by atoms with Crippen molar-refractivity contribution in [3.05, 3.63) is 83.7 Å². The van der Waals surface area contributed by atoms with Crippen LogP contribution in [0.4, 0.5) is 4.39 Å². The summed E-state index contributed by atoms with van der Waals surface area (Å²) in [5.74, 6) is -0.241. The van der Waals surface area contributed by atoms with Crippen LogP contribution in [0.25, 0.3) is 22.3 Å². The molecule has 1 atom stereocenters. The van der Waals surface area contributed by atoms with Crippen LogP contribution in [0.3, 0.4) is 0 Å². The zero-order chi connectivity index (χ0) is 19.7. The van der Waals surface area contributed by atoms with Gasteiger partial charge in [-0.15, -0.1) is 0 Å². The number of nitrogens with zero attached hydrogens (tertiary/aromatic N) is 1. The van der Waals surface area contributed by atoms with Crippen LogP contribution in [0.1, 0.15) is 22.3 Å². The Labute approximate surface area is 164 Å². The Bertz CT molecular complexity index is 1020. The number of carbonyl (C=O) groups excluding carboxylic acids is 1. The number of rotatable bonds is 3. The predicted molar refractivity (Wildman–Crippen MR) is 111 cm³/mol. The van der Waals surface area contributed by atoms with E-state index in [4.69, 9.17) is 5.73 Å². The molecule has 3 nitrogen and oxygen atoms in total. The van der Waals surface area contributed by atoms with Crippen LogP contribution in [0.15, 0.2) is 66.7 Å². The normalized spacial score (nSPS) is 16.4. The molecule has 0 bridgehead atoms. The number of amides is 1. The van der Waals surface area contributed by atoms with Crippen molar-refractivity contribution >= 4 is 5.91 Å². The van der Waals surface area contributed by atoms with E-state index in [9.17, 15) is 9.18 Å². The molecule has 28 heavy (non-hydrogen) atoms. The maximum atomic E-state index is 14.2. The lowest BCUT2D eigenvalue weighted by atomic mass is 9.92. The van der Waals surface area contributed by atoms with Gasteiger partial charge in [0.2, 0.25) is 0 Å². The number of carbonyl (C=O) groups is 1. The molecule has 1 saturated heterocycles. The zero-order valence-electron chi connectivity index (χ0n) is 15.9. The number of hydrogen-bond donors (Lipinski definition) is 1. The van der Waals surface area contributed by atoms with Crippen molar-refractivity contribution in [1.82, 2.24) is 4.90 Å². The minimum Gasteiger partial charge on any atom is -0.337 e. The first-order valence-electron chi connectivity index (χ1n) is 9.54. The van der Waals surface area contributed by atoms with E-state index in [2.05, 4.69) is 0 Å². The van der Waals surface area contributed by atoms with Crippen LogP contribution in [-0.2, 0) is 0 Å². The van der Waals surface area contributed by atoms with Crippen molar-refractivity contribution in [1.29, 1.82) is 0 Å². The van der Waals surface area contributed by atoms with Gasteiger partial charge in [-0.1, -0.05) is 48.5 Å². The lowest BCUT2D eigenvalue weighted by Gasteiger charge is -2.18. The largest absolute Gasteiger partial charge is 0.337 e. The number of aryl methyl sites for hydroxylation is 1. The molecule has 0 aliphatic carbocycles. The fourth-order valence-corrected chi connectivity index (χ4v) is 3.70. The first kappa shape index (κ1) is 18.4. The second kappa shape index (κ2) is 7.56. The number of benzene rings is 3. The summed E-state index contributed by atoms with van der Waals surface area (Å²) in [7, 11) is 0. The Morgan fingerprint density at radius 2 is 1.79 bits per heavy atom. The van der Waals surface area contributed by atoms with E-state index >= 15 is 0 Å². The molecular weight excluding hydrogens is 351 g/mol. The molecule has 4 rings (SSSR count). The highest BCUT2D eigenvalue weighted by molar-refractivity contribution is 5.98. The molecule has 0 radical (unpaired) electrons. The Hall–Kier alpha value is -2.98. The zero-order valence-corrected chi connectivity index (χ0v) is 15.9. The third-order valence-corrected chi connectivity index (χ3v) is 5.35. The Kier molecular flexibility index (Phi) is 4.97. The van der Waals surface area contributed by atoms with Gasteiger partial charge in [-0.3, -0.25) is 4.79 Å². The van der Waals surface area contributed by atoms with Crippen molar-refractivity contribution in [3.8, 4) is 22.3 Å². The minimum absolute atomic E-state index is 0.00762. The topological polar surface area (TPSA) is 46.3 Å². The van der Waals surface area contributed by atoms with Crippen molar-refractivity contribution in [3.63, 3.8) is 0 Å². The SMILES string of the molecule is Cc1ccc(-c2ccc(C(=O)N3CC[C@H](N)C3)cc2-c2ccccc2)cc1F. The molecular formula is C24H23FN2O. The molecule has 0 spiro atoms. The summed E-state index contributed by atoms with van der Waals surface area (Å²) in [5, 5.41) is 0. The molecule has 0 aromatic heterocycles. The van der Waals surface area contributed by atoms with Crippen molar-refractivity contribution in [2.24, 2.45) is 5.73 Å². The van der Waals surface area contributed by atoms with Gasteiger partial charge < -0.3 is 10.6 Å². The van der Waals surface area contributed by atoms with Crippen molar-refractivity contribution in [2.75, 3.05) is 13.1 Å². The van der Waals surface area contributed by atoms with Gasteiger partial charge in [0, 0.05) is 24.7 Å². The minimum atomic E-state index is -0.234. The van der Waals surface area contributed by atoms with E-state index in [1.807, 2.05) is 54.6 Å². The monoisotopic (exact) mass is 374 g/mol. The summed E-state index contributed by atoms with van der Waals surface area (Å²) in [6.45, 7) is 3.02. The third-order valence-electron chi connectivity index (χ3n) is 5.35. The summed E-state index contributed by atoms with van der Waals surface area (Å²) in [4.78, 5) is 14.7. The van der Waals surface area contributed by atoms with E-state index in [0.29, 0.717) is 24.2 Å². The highest BCUT2D eigenvalue weighted by atomic mass is 19.1. The maximum Gasteiger partial charge on any atom is 0.253 e. The number of likely N-dealkylation sites (tertiary alicyclic amines) is 1. The van der Waals surface area contributed by atoms with Gasteiger partial charge in [-0.2, -0.15) is 0 Å². The fraction of sp³-hybridized carbons (Fsp3) is 0.208. The molecule has 3 aromatic carbocycles. The summed E-state index contributed by atoms with van der Waals surface area (Å²) in [5.41, 5.74) is 10.8. The van der Waals surface area contributed by atoms with Crippen LogP contribution < -0.4 is 5.73 Å². The van der Waals surface area contributed by atoms with Gasteiger partial charge in [0.25, 0.3) is 5.91 Å². The van der Waals surface area contributed by atoms with Crippen LogP contribution in [0, 0.1) is 12.7 Å². The van der Waals surface area contributed by atoms with Crippen molar-refractivity contribution < 1.29 is 9.18 Å². The number of halogens is 1. The molecule has 142 valence electrons. The third kappa shape index (κ3) is 3.56. The molecule has 1 heterocycles. The second-order valence-electron chi connectivity index (χ2n) is 7.39. The first-order chi connectivity index (χ1) is 13.5.